The van der Waals surface area contributed by atoms with Crippen molar-refractivity contribution in [3.05, 3.63) is 33.7 Å². The summed E-state index contributed by atoms with van der Waals surface area (Å²) in [5.74, 6) is 0. The van der Waals surface area contributed by atoms with Crippen LogP contribution >= 0.6 is 24.4 Å². The first-order valence-corrected chi connectivity index (χ1v) is 3.06. The highest BCUT2D eigenvalue weighted by Crippen LogP contribution is 1.98. The molecule has 1 rings (SSSR count). The van der Waals surface area contributed by atoms with Crippen LogP contribution in [-0.2, 0) is 0 Å². The number of pyridine rings is 1. The molecule has 0 N–H and O–H groups in total. The maximum absolute atomic E-state index is 10.7. The molecule has 1 aromatic rings. The highest BCUT2D eigenvalue weighted by atomic mass is 35.5. The predicted octanol–water partition coefficient (Wildman–Crippen LogP) is 1.19. The molecule has 0 radical (unpaired) electrons. The maximum atomic E-state index is 10.7. The summed E-state index contributed by atoms with van der Waals surface area (Å²) in [4.78, 5) is 10.7. The Bertz CT molecular complexity index is 247. The molecule has 0 bridgehead atoms. The van der Waals surface area contributed by atoms with Gasteiger partial charge in [-0.15, -0.1) is 0 Å². The third-order valence-corrected chi connectivity index (χ3v) is 1.48. The van der Waals surface area contributed by atoms with E-state index in [0.717, 1.165) is 3.97 Å². The summed E-state index contributed by atoms with van der Waals surface area (Å²) in [5.41, 5.74) is -0.289. The van der Waals surface area contributed by atoms with E-state index in [-0.39, 0.29) is 10.6 Å². The van der Waals surface area contributed by atoms with Crippen molar-refractivity contribution in [1.29, 1.82) is 0 Å². The van der Waals surface area contributed by atoms with Gasteiger partial charge in [0.25, 0.3) is 5.56 Å². The van der Waals surface area contributed by atoms with Crippen LogP contribution in [0.15, 0.2) is 23.1 Å². The molecule has 0 amide bonds. The van der Waals surface area contributed by atoms with Crippen LogP contribution in [0, 0.1) is 0 Å². The molecule has 4 heteroatoms. The number of halogens is 1. The van der Waals surface area contributed by atoms with Crippen LogP contribution in [0.3, 0.4) is 0 Å². The number of nitrogens with zero attached hydrogens (tertiary/aromatic N) is 1. The second kappa shape index (κ2) is 2.45. The van der Waals surface area contributed by atoms with E-state index in [1.165, 1.54) is 12.3 Å². The van der Waals surface area contributed by atoms with Gasteiger partial charge in [-0.2, -0.15) is 0 Å². The number of thiol groups is 1. The zero-order valence-electron chi connectivity index (χ0n) is 4.41. The molecule has 48 valence electrons. The Morgan fingerprint density at radius 2 is 2.33 bits per heavy atom. The van der Waals surface area contributed by atoms with Gasteiger partial charge in [0.2, 0.25) is 0 Å². The van der Waals surface area contributed by atoms with Crippen LogP contribution in [0.1, 0.15) is 0 Å². The lowest BCUT2D eigenvalue weighted by molar-refractivity contribution is 1.16. The first kappa shape index (κ1) is 6.71. The Morgan fingerprint density at radius 1 is 1.67 bits per heavy atom. The fourth-order valence-corrected chi connectivity index (χ4v) is 0.865. The van der Waals surface area contributed by atoms with Crippen LogP contribution in [-0.4, -0.2) is 3.97 Å². The third-order valence-electron chi connectivity index (χ3n) is 0.882. The monoisotopic (exact) mass is 161 g/mol. The van der Waals surface area contributed by atoms with Crippen molar-refractivity contribution < 1.29 is 0 Å². The third kappa shape index (κ3) is 1.28. The van der Waals surface area contributed by atoms with Gasteiger partial charge in [0.05, 0.1) is 0 Å². The molecule has 0 atom stereocenters. The van der Waals surface area contributed by atoms with Gasteiger partial charge in [0, 0.05) is 6.20 Å². The number of hydrogen-bond donors (Lipinski definition) is 1. The summed E-state index contributed by atoms with van der Waals surface area (Å²) in [5, 5.41) is 0.188. The molecule has 1 aromatic heterocycles. The topological polar surface area (TPSA) is 22.0 Å². The normalized spacial score (nSPS) is 9.56. The van der Waals surface area contributed by atoms with E-state index in [9.17, 15) is 4.79 Å². The SMILES string of the molecule is O=c1c(Cl)cccn1S. The molecule has 0 saturated carbocycles. The van der Waals surface area contributed by atoms with Crippen molar-refractivity contribution in [2.45, 2.75) is 0 Å². The summed E-state index contributed by atoms with van der Waals surface area (Å²) in [7, 11) is 0. The Morgan fingerprint density at radius 3 is 2.78 bits per heavy atom. The minimum atomic E-state index is -0.289. The summed E-state index contributed by atoms with van der Waals surface area (Å²) < 4.78 is 1.13. The lowest BCUT2D eigenvalue weighted by Crippen LogP contribution is -2.10. The van der Waals surface area contributed by atoms with E-state index >= 15 is 0 Å². The second-order valence-corrected chi connectivity index (χ2v) is 2.34. The quantitative estimate of drug-likeness (QED) is 0.568. The van der Waals surface area contributed by atoms with Crippen molar-refractivity contribution in [2.24, 2.45) is 0 Å². The van der Waals surface area contributed by atoms with E-state index in [4.69, 9.17) is 11.6 Å². The van der Waals surface area contributed by atoms with Crippen molar-refractivity contribution in [3.8, 4) is 0 Å². The standard InChI is InChI=1S/C5H4ClNOS/c6-4-2-1-3-7(9)5(4)8/h1-3,9H. The van der Waals surface area contributed by atoms with Crippen LogP contribution in [0.25, 0.3) is 0 Å². The smallest absolute Gasteiger partial charge is 0.267 e. The zero-order valence-corrected chi connectivity index (χ0v) is 6.06. The fourth-order valence-electron chi connectivity index (χ4n) is 0.457. The average Bonchev–Trinajstić information content (AvgIpc) is 1.83. The molecule has 0 aliphatic carbocycles. The molecule has 0 unspecified atom stereocenters. The molecule has 2 nitrogen and oxygen atoms in total. The highest BCUT2D eigenvalue weighted by molar-refractivity contribution is 7.78. The summed E-state index contributed by atoms with van der Waals surface area (Å²) in [6.07, 6.45) is 1.53. The number of hydrogen-bond acceptors (Lipinski definition) is 2. The average molecular weight is 162 g/mol. The molecule has 0 aliphatic heterocycles. The first-order chi connectivity index (χ1) is 4.22. The predicted molar refractivity (Wildman–Crippen MR) is 40.1 cm³/mol. The summed E-state index contributed by atoms with van der Waals surface area (Å²) >= 11 is 9.22. The summed E-state index contributed by atoms with van der Waals surface area (Å²) in [6, 6.07) is 3.17. The molecule has 9 heavy (non-hydrogen) atoms. The molecule has 0 fully saturated rings. The first-order valence-electron chi connectivity index (χ1n) is 2.28. The van der Waals surface area contributed by atoms with Gasteiger partial charge in [0.1, 0.15) is 5.02 Å². The zero-order chi connectivity index (χ0) is 6.85. The minimum absolute atomic E-state index is 0.188. The van der Waals surface area contributed by atoms with Gasteiger partial charge >= 0.3 is 0 Å². The van der Waals surface area contributed by atoms with Crippen LogP contribution in [0.2, 0.25) is 5.02 Å². The van der Waals surface area contributed by atoms with Crippen LogP contribution < -0.4 is 5.56 Å². The van der Waals surface area contributed by atoms with E-state index < -0.39 is 0 Å². The van der Waals surface area contributed by atoms with Crippen molar-refractivity contribution in [2.75, 3.05) is 0 Å². The number of rotatable bonds is 0. The Kier molecular flexibility index (Phi) is 1.83. The van der Waals surface area contributed by atoms with Gasteiger partial charge in [-0.3, -0.25) is 8.77 Å². The largest absolute Gasteiger partial charge is 0.279 e. The molecule has 0 spiro atoms. The van der Waals surface area contributed by atoms with Gasteiger partial charge in [-0.25, -0.2) is 0 Å². The van der Waals surface area contributed by atoms with Gasteiger partial charge in [-0.05, 0) is 12.1 Å². The van der Waals surface area contributed by atoms with E-state index in [1.54, 1.807) is 6.07 Å². The van der Waals surface area contributed by atoms with Gasteiger partial charge < -0.3 is 0 Å². The lowest BCUT2D eigenvalue weighted by atomic mass is 10.5. The molecule has 1 heterocycles. The fraction of sp³-hybridized carbons (Fsp3) is 0. The molecule has 0 saturated heterocycles. The lowest BCUT2D eigenvalue weighted by Gasteiger charge is -1.91. The summed E-state index contributed by atoms with van der Waals surface area (Å²) in [6.45, 7) is 0. The van der Waals surface area contributed by atoms with Crippen molar-refractivity contribution in [3.63, 3.8) is 0 Å². The Labute approximate surface area is 62.6 Å². The minimum Gasteiger partial charge on any atom is -0.267 e. The second-order valence-electron chi connectivity index (χ2n) is 1.51. The molecular weight excluding hydrogens is 158 g/mol. The van der Waals surface area contributed by atoms with Crippen molar-refractivity contribution >= 4 is 24.4 Å². The van der Waals surface area contributed by atoms with Crippen LogP contribution in [0.4, 0.5) is 0 Å². The maximum Gasteiger partial charge on any atom is 0.279 e. The Hall–Kier alpha value is -0.410. The number of aromatic nitrogens is 1. The molecular formula is C5H4ClNOS. The van der Waals surface area contributed by atoms with E-state index in [2.05, 4.69) is 12.8 Å². The van der Waals surface area contributed by atoms with E-state index in [0.29, 0.717) is 0 Å². The van der Waals surface area contributed by atoms with Crippen LogP contribution in [0.5, 0.6) is 0 Å². The van der Waals surface area contributed by atoms with Gasteiger partial charge in [-0.1, -0.05) is 24.4 Å². The molecule has 0 aliphatic rings. The Balaban J connectivity index is 3.43. The van der Waals surface area contributed by atoms with E-state index in [1.807, 2.05) is 0 Å². The van der Waals surface area contributed by atoms with Gasteiger partial charge in [0.15, 0.2) is 0 Å². The highest BCUT2D eigenvalue weighted by Gasteiger charge is 1.93. The van der Waals surface area contributed by atoms with Crippen molar-refractivity contribution in [1.82, 2.24) is 3.97 Å². The molecule has 0 aromatic carbocycles.